The number of nitrogens with two attached hydrogens (primary N) is 1. The molecule has 2 saturated carbocycles. The van der Waals surface area contributed by atoms with E-state index in [2.05, 4.69) is 20.9 Å². The van der Waals surface area contributed by atoms with E-state index >= 15 is 0 Å². The Kier molecular flexibility index (Phi) is 16.9. The number of nitrogens with zero attached hydrogens (tertiary/aromatic N) is 1. The first-order valence-corrected chi connectivity index (χ1v) is 22.1. The van der Waals surface area contributed by atoms with Gasteiger partial charge in [0.25, 0.3) is 5.91 Å². The Balaban J connectivity index is 0.000000228. The predicted molar refractivity (Wildman–Crippen MR) is 248 cm³/mol. The topological polar surface area (TPSA) is 193 Å². The number of ether oxygens (including phenoxy) is 1. The van der Waals surface area contributed by atoms with Crippen LogP contribution in [-0.4, -0.2) is 53.8 Å². The summed E-state index contributed by atoms with van der Waals surface area (Å²) >= 11 is 0. The van der Waals surface area contributed by atoms with Gasteiger partial charge in [-0.25, -0.2) is 4.79 Å². The van der Waals surface area contributed by atoms with Crippen LogP contribution in [0.4, 0.5) is 11.4 Å². The molecule has 5 aromatic carbocycles. The molecule has 1 heterocycles. The number of carbonyl (C=O) groups excluding carboxylic acids is 5. The van der Waals surface area contributed by atoms with Gasteiger partial charge in [0, 0.05) is 29.4 Å². The minimum atomic E-state index is -1.33. The maximum absolute atomic E-state index is 13.4. The van der Waals surface area contributed by atoms with Gasteiger partial charge in [-0.05, 0) is 90.8 Å². The van der Waals surface area contributed by atoms with Crippen LogP contribution in [0, 0.1) is 0 Å². The Morgan fingerprint density at radius 2 is 1.11 bits per heavy atom. The zero-order valence-corrected chi connectivity index (χ0v) is 39.5. The predicted octanol–water partition coefficient (Wildman–Crippen LogP) is 3.76. The first-order chi connectivity index (χ1) is 31.5. The third-order valence-electron chi connectivity index (χ3n) is 12.8. The molecule has 5 N–H and O–H groups in total. The van der Waals surface area contributed by atoms with Crippen LogP contribution in [0.1, 0.15) is 84.0 Å². The van der Waals surface area contributed by atoms with Gasteiger partial charge in [0.05, 0.1) is 41.0 Å². The number of aliphatic carboxylic acids is 1. The second-order valence-electron chi connectivity index (χ2n) is 16.9. The molecule has 3 amide bonds. The van der Waals surface area contributed by atoms with Crippen LogP contribution in [0.5, 0.6) is 0 Å². The van der Waals surface area contributed by atoms with Crippen LogP contribution in [0.3, 0.4) is 0 Å². The van der Waals surface area contributed by atoms with Gasteiger partial charge in [-0.3, -0.25) is 19.4 Å². The number of fused-ring (bicyclic) bond motifs is 1. The molecule has 0 spiro atoms. The molecule has 0 radical (unpaired) electrons. The van der Waals surface area contributed by atoms with Gasteiger partial charge in [-0.2, -0.15) is 0 Å². The third kappa shape index (κ3) is 11.5. The summed E-state index contributed by atoms with van der Waals surface area (Å²) in [6.45, 7) is 0. The van der Waals surface area contributed by atoms with Crippen molar-refractivity contribution in [2.75, 3.05) is 18.2 Å². The number of anilines is 2. The second kappa shape index (κ2) is 22.7. The van der Waals surface area contributed by atoms with Crippen molar-refractivity contribution in [1.29, 1.82) is 0 Å². The molecule has 0 unspecified atom stereocenters. The molecule has 8 rings (SSSR count). The molecule has 13 heteroatoms. The van der Waals surface area contributed by atoms with Crippen molar-refractivity contribution >= 4 is 51.9 Å². The largest absolute Gasteiger partial charge is 1.00 e. The van der Waals surface area contributed by atoms with E-state index in [9.17, 15) is 29.1 Å². The normalized spacial score (nSPS) is 15.4. The summed E-state index contributed by atoms with van der Waals surface area (Å²) in [5, 5.41) is 21.3. The minimum absolute atomic E-state index is 0. The fourth-order valence-electron chi connectivity index (χ4n) is 9.23. The number of carbonyl (C=O) groups is 5. The number of nitrogen functional groups attached to an aromatic ring is 1. The van der Waals surface area contributed by atoms with E-state index in [0.29, 0.717) is 41.8 Å². The molecule has 2 aliphatic carbocycles. The third-order valence-corrected chi connectivity index (χ3v) is 12.8. The van der Waals surface area contributed by atoms with Crippen LogP contribution in [0.15, 0.2) is 146 Å². The summed E-state index contributed by atoms with van der Waals surface area (Å²) in [5.41, 5.74) is 10.4. The molecule has 0 bridgehead atoms. The van der Waals surface area contributed by atoms with Crippen molar-refractivity contribution in [3.8, 4) is 0 Å². The quantitative estimate of drug-likeness (QED) is 0.0717. The number of carboxylic acids is 1. The van der Waals surface area contributed by atoms with Crippen molar-refractivity contribution in [3.05, 3.63) is 174 Å². The molecule has 2 atom stereocenters. The average molecular weight is 896 g/mol. The van der Waals surface area contributed by atoms with Gasteiger partial charge in [-0.1, -0.05) is 129 Å². The molecule has 334 valence electrons. The molecular weight excluding hydrogens is 842 g/mol. The molecule has 1 aromatic heterocycles. The number of nitrogens with one attached hydrogen (secondary N) is 3. The van der Waals surface area contributed by atoms with Gasteiger partial charge in [-0.15, -0.1) is 0 Å². The summed E-state index contributed by atoms with van der Waals surface area (Å²) < 4.78 is 4.93. The van der Waals surface area contributed by atoms with E-state index in [1.807, 2.05) is 97.1 Å². The van der Waals surface area contributed by atoms with Crippen LogP contribution < -0.4 is 56.3 Å². The molecule has 0 saturated heterocycles. The van der Waals surface area contributed by atoms with Crippen molar-refractivity contribution in [2.24, 2.45) is 0 Å². The standard InChI is InChI=1S/C31H29N3O4.C22H26N2O3.Na/c35-28(25-16-19-32-26-11-5-4-10-24(25)26)33-23-14-12-21(13-15-23)20-27(29(36)37)34-30(38)31(17-6-7-18-31)22-8-2-1-3-9-22;1-27-20(25)19(15-16-9-11-18(23)12-10-16)24-21(26)22(13-5-6-14-22)17-7-3-2-4-8-17;/h1-5,8-16,19,27H,6-7,17-18,20H2,(H,33,35)(H,34,38)(H,36,37);2-4,7-12,19H,5-6,13-15,23H2,1H3,(H,24,26);/q;;+1/p-1/t27-;19-;/m00./s1. The molecule has 66 heavy (non-hydrogen) atoms. The Hall–Kier alpha value is -6.34. The van der Waals surface area contributed by atoms with E-state index < -0.39 is 34.9 Å². The van der Waals surface area contributed by atoms with Gasteiger partial charge >= 0.3 is 35.5 Å². The average Bonchev–Trinajstić information content (AvgIpc) is 4.06. The van der Waals surface area contributed by atoms with Crippen molar-refractivity contribution < 1.29 is 63.4 Å². The van der Waals surface area contributed by atoms with E-state index in [4.69, 9.17) is 10.5 Å². The van der Waals surface area contributed by atoms with E-state index in [-0.39, 0.29) is 53.7 Å². The fourth-order valence-corrected chi connectivity index (χ4v) is 9.23. The zero-order valence-electron chi connectivity index (χ0n) is 37.5. The van der Waals surface area contributed by atoms with E-state index in [0.717, 1.165) is 66.1 Å². The number of carboxylic acid groups (broad SMARTS) is 1. The Morgan fingerprint density at radius 3 is 1.62 bits per heavy atom. The van der Waals surface area contributed by atoms with Gasteiger partial charge in [0.2, 0.25) is 11.8 Å². The molecular formula is C53H54N5NaO7. The molecule has 0 aliphatic heterocycles. The van der Waals surface area contributed by atoms with E-state index in [1.54, 1.807) is 48.7 Å². The number of benzene rings is 5. The maximum atomic E-state index is 13.4. The zero-order chi connectivity index (χ0) is 45.8. The smallest absolute Gasteiger partial charge is 0.548 e. The van der Waals surface area contributed by atoms with E-state index in [1.165, 1.54) is 7.11 Å². The monoisotopic (exact) mass is 895 g/mol. The number of amides is 3. The summed E-state index contributed by atoms with van der Waals surface area (Å²) in [7, 11) is 1.34. The second-order valence-corrected chi connectivity index (χ2v) is 16.9. The number of para-hydroxylation sites is 1. The summed E-state index contributed by atoms with van der Waals surface area (Å²) in [4.78, 5) is 68.2. The van der Waals surface area contributed by atoms with Crippen LogP contribution in [0.2, 0.25) is 0 Å². The Bertz CT molecular complexity index is 2590. The summed E-state index contributed by atoms with van der Waals surface area (Å²) in [6, 6.07) is 40.8. The minimum Gasteiger partial charge on any atom is -0.548 e. The van der Waals surface area contributed by atoms with Gasteiger partial charge in [0.15, 0.2) is 0 Å². The Labute approximate surface area is 407 Å². The summed E-state index contributed by atoms with van der Waals surface area (Å²) in [5.74, 6) is -2.41. The van der Waals surface area contributed by atoms with Crippen LogP contribution >= 0.6 is 0 Å². The fraction of sp³-hybridized carbons (Fsp3) is 0.283. The number of hydrogen-bond donors (Lipinski definition) is 4. The number of methoxy groups -OCH3 is 1. The molecule has 6 aromatic rings. The molecule has 2 aliphatic rings. The number of rotatable bonds is 14. The van der Waals surface area contributed by atoms with Gasteiger partial charge < -0.3 is 36.3 Å². The molecule has 2 fully saturated rings. The number of esters is 1. The van der Waals surface area contributed by atoms with Crippen LogP contribution in [-0.2, 0) is 47.6 Å². The van der Waals surface area contributed by atoms with Gasteiger partial charge in [0.1, 0.15) is 6.04 Å². The van der Waals surface area contributed by atoms with Crippen LogP contribution in [0.25, 0.3) is 10.9 Å². The molecule has 12 nitrogen and oxygen atoms in total. The van der Waals surface area contributed by atoms with Crippen molar-refractivity contribution in [2.45, 2.75) is 87.1 Å². The number of hydrogen-bond acceptors (Lipinski definition) is 9. The van der Waals surface area contributed by atoms with Crippen molar-refractivity contribution in [3.63, 3.8) is 0 Å². The SMILES string of the molecule is COC(=O)[C@H](Cc1ccc(N)cc1)NC(=O)C1(c2ccccc2)CCCC1.O=C(Nc1ccc(C[C@H](NC(=O)C2(c3ccccc3)CCCC2)C(=O)[O-])cc1)c1ccnc2ccccc12.[Na+]. The first-order valence-electron chi connectivity index (χ1n) is 22.1. The number of aromatic nitrogens is 1. The van der Waals surface area contributed by atoms with Crippen molar-refractivity contribution in [1.82, 2.24) is 15.6 Å². The first kappa shape index (κ1) is 49.1. The number of pyridine rings is 1. The summed E-state index contributed by atoms with van der Waals surface area (Å²) in [6.07, 6.45) is 8.83. The maximum Gasteiger partial charge on any atom is 1.00 e. The Morgan fingerprint density at radius 1 is 0.636 bits per heavy atom.